The number of carbonyl (C=O) groups excluding carboxylic acids is 2. The summed E-state index contributed by atoms with van der Waals surface area (Å²) in [5.74, 6) is 1.03. The Morgan fingerprint density at radius 2 is 1.92 bits per heavy atom. The van der Waals surface area contributed by atoms with Gasteiger partial charge >= 0.3 is 0 Å². The van der Waals surface area contributed by atoms with E-state index in [1.54, 1.807) is 4.68 Å². The molecule has 2 amide bonds. The van der Waals surface area contributed by atoms with Gasteiger partial charge in [-0.05, 0) is 25.1 Å². The number of rotatable bonds is 6. The van der Waals surface area contributed by atoms with Gasteiger partial charge < -0.3 is 15.2 Å². The van der Waals surface area contributed by atoms with Crippen molar-refractivity contribution in [3.8, 4) is 0 Å². The molecular weight excluding hydrogens is 328 g/mol. The number of piperazine rings is 1. The van der Waals surface area contributed by atoms with Gasteiger partial charge in [0.05, 0.1) is 6.67 Å². The zero-order chi connectivity index (χ0) is 17.3. The maximum Gasteiger partial charge on any atom is 0.225 e. The smallest absolute Gasteiger partial charge is 0.225 e. The highest BCUT2D eigenvalue weighted by molar-refractivity contribution is 7.71. The summed E-state index contributed by atoms with van der Waals surface area (Å²) < 4.78 is 4.24. The van der Waals surface area contributed by atoms with Gasteiger partial charge in [0.1, 0.15) is 5.82 Å². The van der Waals surface area contributed by atoms with Crippen LogP contribution in [0.4, 0.5) is 0 Å². The third kappa shape index (κ3) is 3.84. The predicted molar refractivity (Wildman–Crippen MR) is 90.4 cm³/mol. The maximum atomic E-state index is 12.1. The number of aryl methyl sites for hydroxylation is 1. The van der Waals surface area contributed by atoms with Crippen LogP contribution < -0.4 is 5.73 Å². The first-order valence-electron chi connectivity index (χ1n) is 8.38. The molecule has 9 heteroatoms. The monoisotopic (exact) mass is 352 g/mol. The zero-order valence-corrected chi connectivity index (χ0v) is 14.8. The molecule has 1 aliphatic heterocycles. The first-order valence-corrected chi connectivity index (χ1v) is 8.78. The highest BCUT2D eigenvalue weighted by Gasteiger charge is 2.34. The van der Waals surface area contributed by atoms with E-state index >= 15 is 0 Å². The van der Waals surface area contributed by atoms with Crippen LogP contribution in [0.5, 0.6) is 0 Å². The van der Waals surface area contributed by atoms with Crippen molar-refractivity contribution in [3.05, 3.63) is 10.6 Å². The Morgan fingerprint density at radius 1 is 1.25 bits per heavy atom. The van der Waals surface area contributed by atoms with Crippen LogP contribution in [0.1, 0.15) is 25.1 Å². The molecule has 0 unspecified atom stereocenters. The molecule has 24 heavy (non-hydrogen) atoms. The van der Waals surface area contributed by atoms with Gasteiger partial charge in [-0.25, -0.2) is 4.68 Å². The number of hydrogen-bond acceptors (Lipinski definition) is 5. The Balaban J connectivity index is 1.56. The van der Waals surface area contributed by atoms with E-state index < -0.39 is 0 Å². The third-order valence-corrected chi connectivity index (χ3v) is 5.16. The van der Waals surface area contributed by atoms with Crippen molar-refractivity contribution < 1.29 is 9.59 Å². The van der Waals surface area contributed by atoms with Gasteiger partial charge in [-0.15, -0.1) is 0 Å². The lowest BCUT2D eigenvalue weighted by molar-refractivity contribution is -0.134. The van der Waals surface area contributed by atoms with Gasteiger partial charge in [0.15, 0.2) is 4.77 Å². The molecule has 3 rings (SSSR count). The lowest BCUT2D eigenvalue weighted by Gasteiger charge is -2.34. The average molecular weight is 352 g/mol. The quantitative estimate of drug-likeness (QED) is 0.721. The third-order valence-electron chi connectivity index (χ3n) is 4.67. The van der Waals surface area contributed by atoms with Gasteiger partial charge in [0, 0.05) is 52.0 Å². The lowest BCUT2D eigenvalue weighted by atomic mass is 10.3. The molecule has 2 N–H and O–H groups in total. The molecule has 0 aromatic carbocycles. The molecule has 0 bridgehead atoms. The molecule has 1 aromatic rings. The zero-order valence-electron chi connectivity index (χ0n) is 14.0. The van der Waals surface area contributed by atoms with Crippen LogP contribution in [0.2, 0.25) is 0 Å². The van der Waals surface area contributed by atoms with Crippen molar-refractivity contribution in [2.24, 2.45) is 18.7 Å². The molecule has 0 atom stereocenters. The Labute approximate surface area is 146 Å². The number of nitrogens with zero attached hydrogens (tertiary/aromatic N) is 5. The fourth-order valence-electron chi connectivity index (χ4n) is 2.97. The van der Waals surface area contributed by atoms with Gasteiger partial charge in [-0.1, -0.05) is 0 Å². The molecule has 132 valence electrons. The van der Waals surface area contributed by atoms with Gasteiger partial charge in [-0.3, -0.25) is 14.5 Å². The molecule has 2 aliphatic rings. The van der Waals surface area contributed by atoms with Crippen molar-refractivity contribution in [3.63, 3.8) is 0 Å². The van der Waals surface area contributed by atoms with Crippen LogP contribution in [-0.2, 0) is 29.7 Å². The predicted octanol–water partition coefficient (Wildman–Crippen LogP) is -0.119. The van der Waals surface area contributed by atoms with Crippen LogP contribution in [0.15, 0.2) is 0 Å². The van der Waals surface area contributed by atoms with E-state index in [4.69, 9.17) is 18.0 Å². The highest BCUT2D eigenvalue weighted by atomic mass is 32.1. The Hall–Kier alpha value is -1.74. The van der Waals surface area contributed by atoms with Crippen molar-refractivity contribution in [1.29, 1.82) is 0 Å². The summed E-state index contributed by atoms with van der Waals surface area (Å²) in [5, 5.41) is 4.51. The Bertz CT molecular complexity index is 685. The second kappa shape index (κ2) is 7.02. The first-order chi connectivity index (χ1) is 11.5. The first kappa shape index (κ1) is 17.1. The minimum Gasteiger partial charge on any atom is -0.370 e. The molecule has 0 radical (unpaired) electrons. The normalized spacial score (nSPS) is 18.8. The maximum absolute atomic E-state index is 12.1. The van der Waals surface area contributed by atoms with Crippen LogP contribution in [-0.4, -0.2) is 62.1 Å². The minimum atomic E-state index is -0.341. The second-order valence-electron chi connectivity index (χ2n) is 6.58. The molecule has 1 aromatic heterocycles. The highest BCUT2D eigenvalue weighted by Crippen LogP contribution is 2.31. The van der Waals surface area contributed by atoms with E-state index in [1.165, 1.54) is 0 Å². The second-order valence-corrected chi connectivity index (χ2v) is 6.95. The molecule has 1 aliphatic carbocycles. The van der Waals surface area contributed by atoms with Crippen molar-refractivity contribution >= 4 is 24.0 Å². The van der Waals surface area contributed by atoms with Gasteiger partial charge in [-0.2, -0.15) is 5.10 Å². The van der Waals surface area contributed by atoms with Crippen LogP contribution in [0.3, 0.4) is 0 Å². The molecule has 2 fully saturated rings. The number of primary amides is 1. The summed E-state index contributed by atoms with van der Waals surface area (Å²) in [6, 6.07) is 0. The van der Waals surface area contributed by atoms with Crippen molar-refractivity contribution in [2.45, 2.75) is 32.4 Å². The minimum absolute atomic E-state index is 0.265. The summed E-state index contributed by atoms with van der Waals surface area (Å²) >= 11 is 5.43. The van der Waals surface area contributed by atoms with Crippen LogP contribution in [0, 0.1) is 10.7 Å². The summed E-state index contributed by atoms with van der Waals surface area (Å²) in [7, 11) is 1.86. The van der Waals surface area contributed by atoms with E-state index in [1.807, 2.05) is 16.5 Å². The van der Waals surface area contributed by atoms with Gasteiger partial charge in [0.2, 0.25) is 11.8 Å². The van der Waals surface area contributed by atoms with E-state index in [0.717, 1.165) is 44.8 Å². The number of nitrogens with two attached hydrogens (primary N) is 1. The molecular formula is C15H24N6O2S. The fourth-order valence-corrected chi connectivity index (χ4v) is 3.17. The Morgan fingerprint density at radius 3 is 2.50 bits per heavy atom. The van der Waals surface area contributed by atoms with E-state index in [9.17, 15) is 9.59 Å². The van der Waals surface area contributed by atoms with E-state index in [-0.39, 0.29) is 18.2 Å². The summed E-state index contributed by atoms with van der Waals surface area (Å²) in [6.45, 7) is 3.80. The van der Waals surface area contributed by atoms with E-state index in [0.29, 0.717) is 23.8 Å². The summed E-state index contributed by atoms with van der Waals surface area (Å²) in [4.78, 5) is 27.3. The fraction of sp³-hybridized carbons (Fsp3) is 0.733. The molecule has 8 nitrogen and oxygen atoms in total. The van der Waals surface area contributed by atoms with Crippen LogP contribution >= 0.6 is 12.2 Å². The summed E-state index contributed by atoms with van der Waals surface area (Å²) in [6.07, 6.45) is 2.86. The molecule has 1 saturated carbocycles. The molecule has 1 saturated heterocycles. The van der Waals surface area contributed by atoms with Crippen molar-refractivity contribution in [2.75, 3.05) is 26.2 Å². The number of hydrogen-bond donors (Lipinski definition) is 1. The Kier molecular flexibility index (Phi) is 5.00. The molecule has 0 spiro atoms. The SMILES string of the molecule is Cn1c(CCC(N)=O)nn(CN2CCN(C(=O)C3CC3)CC2)c1=S. The number of amides is 2. The topological polar surface area (TPSA) is 89.4 Å². The average Bonchev–Trinajstić information content (AvgIpc) is 3.37. The molecule has 2 heterocycles. The van der Waals surface area contributed by atoms with E-state index in [2.05, 4.69) is 10.00 Å². The van der Waals surface area contributed by atoms with Crippen LogP contribution in [0.25, 0.3) is 0 Å². The summed E-state index contributed by atoms with van der Waals surface area (Å²) in [5.41, 5.74) is 5.20. The number of aromatic nitrogens is 3. The number of carbonyl (C=O) groups is 2. The standard InChI is InChI=1S/C15H24N6O2S/c1-18-13(5-4-12(16)22)17-21(15(18)24)10-19-6-8-20(9-7-19)14(23)11-2-3-11/h11H,2-10H2,1H3,(H2,16,22). The van der Waals surface area contributed by atoms with Gasteiger partial charge in [0.25, 0.3) is 0 Å². The largest absolute Gasteiger partial charge is 0.370 e. The lowest BCUT2D eigenvalue weighted by Crippen LogP contribution is -2.49. The van der Waals surface area contributed by atoms with Crippen molar-refractivity contribution in [1.82, 2.24) is 24.1 Å².